The lowest BCUT2D eigenvalue weighted by molar-refractivity contribution is -0.144. The van der Waals surface area contributed by atoms with Gasteiger partial charge in [-0.1, -0.05) is 0 Å². The molecule has 0 aliphatic carbocycles. The van der Waals surface area contributed by atoms with Crippen molar-refractivity contribution in [1.82, 2.24) is 5.32 Å². The maximum absolute atomic E-state index is 11.2. The van der Waals surface area contributed by atoms with Crippen molar-refractivity contribution in [3.05, 3.63) is 0 Å². The van der Waals surface area contributed by atoms with E-state index in [1.54, 1.807) is 6.92 Å². The Hall–Kier alpha value is -1.10. The van der Waals surface area contributed by atoms with Gasteiger partial charge in [-0.05, 0) is 20.3 Å². The number of nitrogens with one attached hydrogen (secondary N) is 1. The lowest BCUT2D eigenvalue weighted by Gasteiger charge is -2.05. The SMILES string of the molecule is CCOCCCNC(=O)CCC(=O)OCC. The van der Waals surface area contributed by atoms with Gasteiger partial charge in [-0.25, -0.2) is 0 Å². The van der Waals surface area contributed by atoms with E-state index in [0.717, 1.165) is 6.42 Å². The predicted octanol–water partition coefficient (Wildman–Crippen LogP) is 0.873. The number of amides is 1. The zero-order valence-electron chi connectivity index (χ0n) is 10.1. The monoisotopic (exact) mass is 231 g/mol. The van der Waals surface area contributed by atoms with Gasteiger partial charge in [0.2, 0.25) is 5.91 Å². The highest BCUT2D eigenvalue weighted by atomic mass is 16.5. The van der Waals surface area contributed by atoms with Gasteiger partial charge < -0.3 is 14.8 Å². The maximum atomic E-state index is 11.2. The van der Waals surface area contributed by atoms with E-state index in [9.17, 15) is 9.59 Å². The molecular weight excluding hydrogens is 210 g/mol. The van der Waals surface area contributed by atoms with Crippen LogP contribution < -0.4 is 5.32 Å². The summed E-state index contributed by atoms with van der Waals surface area (Å²) in [6, 6.07) is 0. The van der Waals surface area contributed by atoms with E-state index in [0.29, 0.717) is 26.4 Å². The minimum absolute atomic E-state index is 0.121. The maximum Gasteiger partial charge on any atom is 0.306 e. The topological polar surface area (TPSA) is 64.6 Å². The Labute approximate surface area is 96.5 Å². The van der Waals surface area contributed by atoms with E-state index in [2.05, 4.69) is 5.32 Å². The fourth-order valence-electron chi connectivity index (χ4n) is 1.08. The van der Waals surface area contributed by atoms with Crippen LogP contribution in [0.3, 0.4) is 0 Å². The number of carbonyl (C=O) groups excluding carboxylic acids is 2. The molecule has 1 amide bonds. The molecule has 5 nitrogen and oxygen atoms in total. The Morgan fingerprint density at radius 2 is 1.88 bits per heavy atom. The summed E-state index contributed by atoms with van der Waals surface area (Å²) in [7, 11) is 0. The van der Waals surface area contributed by atoms with Crippen LogP contribution in [0.5, 0.6) is 0 Å². The van der Waals surface area contributed by atoms with Crippen molar-refractivity contribution < 1.29 is 19.1 Å². The molecule has 0 fully saturated rings. The van der Waals surface area contributed by atoms with Crippen molar-refractivity contribution in [2.45, 2.75) is 33.1 Å². The average Bonchev–Trinajstić information content (AvgIpc) is 2.26. The Kier molecular flexibility index (Phi) is 9.70. The van der Waals surface area contributed by atoms with E-state index >= 15 is 0 Å². The summed E-state index contributed by atoms with van der Waals surface area (Å²) >= 11 is 0. The van der Waals surface area contributed by atoms with Crippen LogP contribution in [0.4, 0.5) is 0 Å². The average molecular weight is 231 g/mol. The first kappa shape index (κ1) is 14.9. The van der Waals surface area contributed by atoms with Crippen LogP contribution in [-0.4, -0.2) is 38.2 Å². The van der Waals surface area contributed by atoms with Crippen molar-refractivity contribution in [3.63, 3.8) is 0 Å². The van der Waals surface area contributed by atoms with Crippen LogP contribution in [-0.2, 0) is 19.1 Å². The molecule has 1 N–H and O–H groups in total. The van der Waals surface area contributed by atoms with E-state index in [4.69, 9.17) is 9.47 Å². The van der Waals surface area contributed by atoms with Crippen molar-refractivity contribution in [3.8, 4) is 0 Å². The van der Waals surface area contributed by atoms with Gasteiger partial charge in [0.05, 0.1) is 13.0 Å². The Balaban J connectivity index is 3.34. The summed E-state index contributed by atoms with van der Waals surface area (Å²) in [6.07, 6.45) is 1.12. The molecule has 0 aliphatic rings. The highest BCUT2D eigenvalue weighted by Crippen LogP contribution is 1.93. The molecule has 0 rings (SSSR count). The molecule has 0 saturated carbocycles. The molecule has 0 aromatic carbocycles. The molecule has 0 unspecified atom stereocenters. The summed E-state index contributed by atoms with van der Waals surface area (Å²) in [5.74, 6) is -0.448. The van der Waals surface area contributed by atoms with Crippen molar-refractivity contribution in [2.24, 2.45) is 0 Å². The first-order chi connectivity index (χ1) is 7.70. The fraction of sp³-hybridized carbons (Fsp3) is 0.818. The van der Waals surface area contributed by atoms with E-state index < -0.39 is 0 Å². The fourth-order valence-corrected chi connectivity index (χ4v) is 1.08. The number of carbonyl (C=O) groups is 2. The first-order valence-corrected chi connectivity index (χ1v) is 5.70. The molecule has 0 bridgehead atoms. The third-order valence-corrected chi connectivity index (χ3v) is 1.85. The minimum atomic E-state index is -0.327. The van der Waals surface area contributed by atoms with Gasteiger partial charge in [-0.2, -0.15) is 0 Å². The number of ether oxygens (including phenoxy) is 2. The van der Waals surface area contributed by atoms with E-state index in [-0.39, 0.29) is 24.7 Å². The number of rotatable bonds is 9. The van der Waals surface area contributed by atoms with Gasteiger partial charge in [0.25, 0.3) is 0 Å². The van der Waals surface area contributed by atoms with Crippen molar-refractivity contribution in [2.75, 3.05) is 26.4 Å². The Bertz CT molecular complexity index is 206. The Morgan fingerprint density at radius 3 is 2.50 bits per heavy atom. The standard InChI is InChI=1S/C11H21NO4/c1-3-15-9-5-8-12-10(13)6-7-11(14)16-4-2/h3-9H2,1-2H3,(H,12,13). The molecule has 16 heavy (non-hydrogen) atoms. The van der Waals surface area contributed by atoms with Gasteiger partial charge in [-0.15, -0.1) is 0 Å². The zero-order valence-corrected chi connectivity index (χ0v) is 10.1. The number of hydrogen-bond acceptors (Lipinski definition) is 4. The van der Waals surface area contributed by atoms with Crippen molar-refractivity contribution in [1.29, 1.82) is 0 Å². The third kappa shape index (κ3) is 9.45. The molecule has 0 heterocycles. The highest BCUT2D eigenvalue weighted by molar-refractivity contribution is 5.81. The molecule has 0 aromatic rings. The van der Waals surface area contributed by atoms with Gasteiger partial charge in [0, 0.05) is 26.2 Å². The van der Waals surface area contributed by atoms with Gasteiger partial charge in [0.15, 0.2) is 0 Å². The van der Waals surface area contributed by atoms with E-state index in [1.165, 1.54) is 0 Å². The second kappa shape index (κ2) is 10.4. The number of hydrogen-bond donors (Lipinski definition) is 1. The molecule has 0 radical (unpaired) electrons. The quantitative estimate of drug-likeness (QED) is 0.472. The molecule has 94 valence electrons. The minimum Gasteiger partial charge on any atom is -0.466 e. The summed E-state index contributed by atoms with van der Waals surface area (Å²) in [5, 5.41) is 2.71. The lowest BCUT2D eigenvalue weighted by Crippen LogP contribution is -2.25. The molecule has 0 saturated heterocycles. The zero-order chi connectivity index (χ0) is 12.2. The summed E-state index contributed by atoms with van der Waals surface area (Å²) in [5.41, 5.74) is 0. The van der Waals surface area contributed by atoms with Crippen LogP contribution in [0.2, 0.25) is 0 Å². The number of esters is 1. The molecular formula is C11H21NO4. The smallest absolute Gasteiger partial charge is 0.306 e. The van der Waals surface area contributed by atoms with Gasteiger partial charge >= 0.3 is 5.97 Å². The molecule has 0 aliphatic heterocycles. The van der Waals surface area contributed by atoms with Crippen LogP contribution >= 0.6 is 0 Å². The summed E-state index contributed by atoms with van der Waals surface area (Å²) in [4.78, 5) is 22.2. The first-order valence-electron chi connectivity index (χ1n) is 5.70. The second-order valence-electron chi connectivity index (χ2n) is 3.21. The molecule has 5 heteroatoms. The largest absolute Gasteiger partial charge is 0.466 e. The molecule has 0 atom stereocenters. The predicted molar refractivity (Wildman–Crippen MR) is 60.0 cm³/mol. The van der Waals surface area contributed by atoms with E-state index in [1.807, 2.05) is 6.92 Å². The van der Waals surface area contributed by atoms with Gasteiger partial charge in [0.1, 0.15) is 0 Å². The third-order valence-electron chi connectivity index (χ3n) is 1.85. The van der Waals surface area contributed by atoms with Crippen LogP contribution in [0.1, 0.15) is 33.1 Å². The molecule has 0 aromatic heterocycles. The highest BCUT2D eigenvalue weighted by Gasteiger charge is 2.06. The van der Waals surface area contributed by atoms with Gasteiger partial charge in [-0.3, -0.25) is 9.59 Å². The lowest BCUT2D eigenvalue weighted by atomic mass is 10.3. The molecule has 0 spiro atoms. The summed E-state index contributed by atoms with van der Waals surface area (Å²) < 4.78 is 9.83. The summed E-state index contributed by atoms with van der Waals surface area (Å²) in [6.45, 7) is 5.95. The normalized spacial score (nSPS) is 9.88. The second-order valence-corrected chi connectivity index (χ2v) is 3.21. The van der Waals surface area contributed by atoms with Crippen molar-refractivity contribution >= 4 is 11.9 Å². The van der Waals surface area contributed by atoms with Crippen LogP contribution in [0.15, 0.2) is 0 Å². The van der Waals surface area contributed by atoms with Crippen LogP contribution in [0, 0.1) is 0 Å². The van der Waals surface area contributed by atoms with Crippen LogP contribution in [0.25, 0.3) is 0 Å². The Morgan fingerprint density at radius 1 is 1.12 bits per heavy atom.